The predicted octanol–water partition coefficient (Wildman–Crippen LogP) is 3.52. The SMILES string of the molecule is CC[C@H](C)C(=O)O[C@@H]1[C@H](O)[C@@H](OC(C)=O)[C@H](OC(C)(C)[C@H]2CC=C(C)CC2)O[C@@H]1C. The number of hydrogen-bond acceptors (Lipinski definition) is 7. The second kappa shape index (κ2) is 10.2. The maximum atomic E-state index is 12.3. The molecule has 0 radical (unpaired) electrons. The van der Waals surface area contributed by atoms with Gasteiger partial charge in [-0.1, -0.05) is 25.5 Å². The summed E-state index contributed by atoms with van der Waals surface area (Å²) in [7, 11) is 0. The number of carbonyl (C=O) groups excluding carboxylic acids is 2. The Morgan fingerprint density at radius 2 is 1.97 bits per heavy atom. The molecule has 0 amide bonds. The van der Waals surface area contributed by atoms with Crippen molar-refractivity contribution < 1.29 is 33.6 Å². The Morgan fingerprint density at radius 1 is 1.30 bits per heavy atom. The van der Waals surface area contributed by atoms with Crippen molar-refractivity contribution in [3.05, 3.63) is 11.6 Å². The zero-order valence-corrected chi connectivity index (χ0v) is 19.3. The van der Waals surface area contributed by atoms with Crippen LogP contribution in [0.25, 0.3) is 0 Å². The van der Waals surface area contributed by atoms with Crippen molar-refractivity contribution in [1.82, 2.24) is 0 Å². The Bertz CT molecular complexity index is 641. The van der Waals surface area contributed by atoms with Gasteiger partial charge in [-0.15, -0.1) is 0 Å². The minimum Gasteiger partial charge on any atom is -0.456 e. The predicted molar refractivity (Wildman–Crippen MR) is 111 cm³/mol. The average Bonchev–Trinajstić information content (AvgIpc) is 2.67. The van der Waals surface area contributed by atoms with Crippen molar-refractivity contribution in [3.63, 3.8) is 0 Å². The lowest BCUT2D eigenvalue weighted by Crippen LogP contribution is -2.61. The first kappa shape index (κ1) is 24.8. The van der Waals surface area contributed by atoms with E-state index in [1.165, 1.54) is 12.5 Å². The van der Waals surface area contributed by atoms with Gasteiger partial charge in [0.05, 0.1) is 17.6 Å². The minimum absolute atomic E-state index is 0.274. The van der Waals surface area contributed by atoms with Crippen molar-refractivity contribution in [2.45, 2.75) is 110 Å². The topological polar surface area (TPSA) is 91.3 Å². The van der Waals surface area contributed by atoms with Gasteiger partial charge in [0, 0.05) is 6.92 Å². The van der Waals surface area contributed by atoms with E-state index >= 15 is 0 Å². The minimum atomic E-state index is -1.25. The summed E-state index contributed by atoms with van der Waals surface area (Å²) in [5.74, 6) is -1.00. The lowest BCUT2D eigenvalue weighted by Gasteiger charge is -2.46. The third kappa shape index (κ3) is 6.05. The Hall–Kier alpha value is -1.44. The van der Waals surface area contributed by atoms with Crippen LogP contribution in [-0.4, -0.2) is 53.4 Å². The molecule has 0 unspecified atom stereocenters. The molecule has 172 valence electrons. The van der Waals surface area contributed by atoms with Gasteiger partial charge in [0.1, 0.15) is 6.10 Å². The summed E-state index contributed by atoms with van der Waals surface area (Å²) in [6, 6.07) is 0. The summed E-state index contributed by atoms with van der Waals surface area (Å²) in [6.45, 7) is 12.8. The molecule has 30 heavy (non-hydrogen) atoms. The Kier molecular flexibility index (Phi) is 8.48. The molecule has 1 aliphatic carbocycles. The van der Waals surface area contributed by atoms with Crippen molar-refractivity contribution >= 4 is 11.9 Å². The highest BCUT2D eigenvalue weighted by Crippen LogP contribution is 2.37. The molecular weight excluding hydrogens is 388 g/mol. The Balaban J connectivity index is 2.17. The average molecular weight is 427 g/mol. The van der Waals surface area contributed by atoms with Crippen LogP contribution in [0.5, 0.6) is 0 Å². The van der Waals surface area contributed by atoms with E-state index in [0.29, 0.717) is 6.42 Å². The summed E-state index contributed by atoms with van der Waals surface area (Å²) < 4.78 is 23.2. The molecule has 1 aliphatic heterocycles. The molecular formula is C23H38O7. The summed E-state index contributed by atoms with van der Waals surface area (Å²) in [6.07, 6.45) is 0.903. The zero-order valence-electron chi connectivity index (χ0n) is 19.3. The maximum absolute atomic E-state index is 12.3. The quantitative estimate of drug-likeness (QED) is 0.492. The van der Waals surface area contributed by atoms with Crippen molar-refractivity contribution in [2.75, 3.05) is 0 Å². The third-order valence-corrected chi connectivity index (χ3v) is 6.36. The van der Waals surface area contributed by atoms with E-state index < -0.39 is 48.2 Å². The molecule has 2 rings (SSSR count). The van der Waals surface area contributed by atoms with Crippen LogP contribution < -0.4 is 0 Å². The van der Waals surface area contributed by atoms with Crippen LogP contribution in [0.4, 0.5) is 0 Å². The maximum Gasteiger partial charge on any atom is 0.309 e. The lowest BCUT2D eigenvalue weighted by atomic mass is 9.79. The lowest BCUT2D eigenvalue weighted by molar-refractivity contribution is -0.325. The van der Waals surface area contributed by atoms with Gasteiger partial charge in [-0.3, -0.25) is 9.59 Å². The Morgan fingerprint density at radius 3 is 2.50 bits per heavy atom. The molecule has 7 heteroatoms. The van der Waals surface area contributed by atoms with Crippen molar-refractivity contribution in [1.29, 1.82) is 0 Å². The normalized spacial score (nSPS) is 33.4. The van der Waals surface area contributed by atoms with Gasteiger partial charge in [-0.25, -0.2) is 0 Å². The molecule has 0 aromatic carbocycles. The van der Waals surface area contributed by atoms with E-state index in [9.17, 15) is 14.7 Å². The third-order valence-electron chi connectivity index (χ3n) is 6.36. The number of carbonyl (C=O) groups is 2. The zero-order chi connectivity index (χ0) is 22.6. The molecule has 7 nitrogen and oxygen atoms in total. The number of allylic oxidation sites excluding steroid dienone is 2. The number of hydrogen-bond donors (Lipinski definition) is 1. The van der Waals surface area contributed by atoms with Crippen LogP contribution in [-0.2, 0) is 28.5 Å². The van der Waals surface area contributed by atoms with Crippen LogP contribution in [0.15, 0.2) is 11.6 Å². The smallest absolute Gasteiger partial charge is 0.309 e. The molecule has 1 saturated heterocycles. The van der Waals surface area contributed by atoms with E-state index in [-0.39, 0.29) is 11.8 Å². The first-order valence-corrected chi connectivity index (χ1v) is 11.0. The molecule has 1 heterocycles. The fraction of sp³-hybridized carbons (Fsp3) is 0.826. The van der Waals surface area contributed by atoms with Gasteiger partial charge in [0.2, 0.25) is 0 Å². The largest absolute Gasteiger partial charge is 0.456 e. The van der Waals surface area contributed by atoms with Gasteiger partial charge in [0.15, 0.2) is 18.5 Å². The highest BCUT2D eigenvalue weighted by Gasteiger charge is 2.50. The molecule has 7 atom stereocenters. The van der Waals surface area contributed by atoms with Crippen molar-refractivity contribution in [2.24, 2.45) is 11.8 Å². The van der Waals surface area contributed by atoms with Crippen LogP contribution in [0.2, 0.25) is 0 Å². The number of rotatable bonds is 7. The highest BCUT2D eigenvalue weighted by atomic mass is 16.7. The van der Waals surface area contributed by atoms with Gasteiger partial charge in [-0.05, 0) is 59.3 Å². The molecule has 0 aromatic heterocycles. The fourth-order valence-corrected chi connectivity index (χ4v) is 3.98. The summed E-state index contributed by atoms with van der Waals surface area (Å²) in [5, 5.41) is 10.9. The van der Waals surface area contributed by atoms with Gasteiger partial charge in [-0.2, -0.15) is 0 Å². The molecule has 0 saturated carbocycles. The molecule has 2 aliphatic rings. The van der Waals surface area contributed by atoms with Crippen LogP contribution in [0.1, 0.15) is 74.1 Å². The number of ether oxygens (including phenoxy) is 4. The second-order valence-corrected chi connectivity index (χ2v) is 9.23. The van der Waals surface area contributed by atoms with Crippen molar-refractivity contribution in [3.8, 4) is 0 Å². The van der Waals surface area contributed by atoms with Crippen LogP contribution >= 0.6 is 0 Å². The van der Waals surface area contributed by atoms with E-state index in [0.717, 1.165) is 19.3 Å². The summed E-state index contributed by atoms with van der Waals surface area (Å²) in [4.78, 5) is 24.0. The monoisotopic (exact) mass is 426 g/mol. The highest BCUT2D eigenvalue weighted by molar-refractivity contribution is 5.72. The van der Waals surface area contributed by atoms with E-state index in [2.05, 4.69) is 13.0 Å². The van der Waals surface area contributed by atoms with Gasteiger partial charge in [0.25, 0.3) is 0 Å². The van der Waals surface area contributed by atoms with E-state index in [1.807, 2.05) is 20.8 Å². The number of aliphatic hydroxyl groups is 1. The van der Waals surface area contributed by atoms with E-state index in [1.54, 1.807) is 13.8 Å². The van der Waals surface area contributed by atoms with Crippen LogP contribution in [0, 0.1) is 11.8 Å². The molecule has 0 spiro atoms. The fourth-order valence-electron chi connectivity index (χ4n) is 3.98. The number of esters is 2. The first-order chi connectivity index (χ1) is 14.0. The summed E-state index contributed by atoms with van der Waals surface area (Å²) >= 11 is 0. The summed E-state index contributed by atoms with van der Waals surface area (Å²) in [5.41, 5.74) is 0.823. The molecule has 1 N–H and O–H groups in total. The van der Waals surface area contributed by atoms with Crippen LogP contribution in [0.3, 0.4) is 0 Å². The molecule has 0 bridgehead atoms. The second-order valence-electron chi connectivity index (χ2n) is 9.23. The number of aliphatic hydroxyl groups excluding tert-OH is 1. The molecule has 0 aromatic rings. The first-order valence-electron chi connectivity index (χ1n) is 11.0. The Labute approximate surface area is 180 Å². The van der Waals surface area contributed by atoms with Gasteiger partial charge < -0.3 is 24.1 Å². The molecule has 1 fully saturated rings. The van der Waals surface area contributed by atoms with E-state index in [4.69, 9.17) is 18.9 Å². The van der Waals surface area contributed by atoms with Gasteiger partial charge >= 0.3 is 11.9 Å². The standard InChI is InChI=1S/C23H38O7/c1-8-14(3)21(26)29-19-15(4)27-22(20(18(19)25)28-16(5)24)30-23(6,7)17-11-9-13(2)10-12-17/h9,14-15,17-20,22,25H,8,10-12H2,1-7H3/t14-,15+,17-,18-,19-,20+,22-/m0/s1.